The maximum atomic E-state index is 12.4. The molecule has 132 valence electrons. The van der Waals surface area contributed by atoms with E-state index in [1.165, 1.54) is 0 Å². The first-order valence-corrected chi connectivity index (χ1v) is 8.81. The van der Waals surface area contributed by atoms with Crippen LogP contribution >= 0.6 is 0 Å². The highest BCUT2D eigenvalue weighted by molar-refractivity contribution is 5.97. The summed E-state index contributed by atoms with van der Waals surface area (Å²) in [5, 5.41) is 3.97. The minimum atomic E-state index is -0.280. The number of carbonyl (C=O) groups is 2. The molecule has 2 aromatic carbocycles. The van der Waals surface area contributed by atoms with Gasteiger partial charge in [0, 0.05) is 36.1 Å². The average molecular weight is 348 g/mol. The van der Waals surface area contributed by atoms with E-state index < -0.39 is 0 Å². The molecule has 0 bridgehead atoms. The Morgan fingerprint density at radius 2 is 1.96 bits per heavy atom. The van der Waals surface area contributed by atoms with Crippen molar-refractivity contribution in [2.24, 2.45) is 5.92 Å². The minimum Gasteiger partial charge on any atom is -0.456 e. The molecule has 3 aromatic rings. The Hall–Kier alpha value is -3.08. The molecule has 26 heavy (non-hydrogen) atoms. The minimum absolute atomic E-state index is 0.0490. The number of nitrogens with one attached hydrogen (secondary N) is 1. The summed E-state index contributed by atoms with van der Waals surface area (Å²) in [6, 6.07) is 17.4. The maximum Gasteiger partial charge on any atom is 0.229 e. The molecule has 0 saturated carbocycles. The highest BCUT2D eigenvalue weighted by atomic mass is 16.3. The van der Waals surface area contributed by atoms with Gasteiger partial charge in [0.2, 0.25) is 11.8 Å². The Balaban J connectivity index is 1.46. The van der Waals surface area contributed by atoms with E-state index in [1.807, 2.05) is 61.5 Å². The van der Waals surface area contributed by atoms with Crippen LogP contribution in [0.1, 0.15) is 13.3 Å². The van der Waals surface area contributed by atoms with E-state index in [-0.39, 0.29) is 24.2 Å². The van der Waals surface area contributed by atoms with Gasteiger partial charge in [-0.25, -0.2) is 0 Å². The first-order valence-electron chi connectivity index (χ1n) is 8.81. The lowest BCUT2D eigenvalue weighted by atomic mass is 10.1. The fourth-order valence-corrected chi connectivity index (χ4v) is 3.34. The number of hydrogen-bond acceptors (Lipinski definition) is 3. The number of furan rings is 1. The van der Waals surface area contributed by atoms with E-state index in [1.54, 1.807) is 4.90 Å². The Morgan fingerprint density at radius 3 is 2.65 bits per heavy atom. The summed E-state index contributed by atoms with van der Waals surface area (Å²) in [6.07, 6.45) is 0.288. The summed E-state index contributed by atoms with van der Waals surface area (Å²) in [4.78, 5) is 25.9. The van der Waals surface area contributed by atoms with Crippen molar-refractivity contribution in [1.29, 1.82) is 0 Å². The second kappa shape index (κ2) is 6.67. The molecule has 2 heterocycles. The van der Waals surface area contributed by atoms with Gasteiger partial charge in [0.05, 0.1) is 5.92 Å². The molecule has 1 saturated heterocycles. The molecule has 1 N–H and O–H groups in total. The molecule has 1 unspecified atom stereocenters. The number of anilines is 1. The van der Waals surface area contributed by atoms with Crippen molar-refractivity contribution in [2.75, 3.05) is 18.4 Å². The molecule has 1 aliphatic heterocycles. The lowest BCUT2D eigenvalue weighted by Crippen LogP contribution is -2.28. The molecule has 1 fully saturated rings. The fraction of sp³-hybridized carbons (Fsp3) is 0.238. The van der Waals surface area contributed by atoms with Crippen molar-refractivity contribution in [3.8, 4) is 11.3 Å². The molecule has 5 heteroatoms. The number of carbonyl (C=O) groups excluding carboxylic acids is 2. The Labute approximate surface area is 151 Å². The van der Waals surface area contributed by atoms with E-state index in [9.17, 15) is 9.59 Å². The molecule has 1 aliphatic rings. The largest absolute Gasteiger partial charge is 0.456 e. The molecule has 0 radical (unpaired) electrons. The highest BCUT2D eigenvalue weighted by Gasteiger charge is 2.33. The third kappa shape index (κ3) is 3.08. The molecular weight excluding hydrogens is 328 g/mol. The Morgan fingerprint density at radius 1 is 1.19 bits per heavy atom. The van der Waals surface area contributed by atoms with Crippen molar-refractivity contribution in [3.63, 3.8) is 0 Å². The second-order valence-electron chi connectivity index (χ2n) is 6.55. The first-order chi connectivity index (χ1) is 12.6. The number of fused-ring (bicyclic) bond motifs is 1. The topological polar surface area (TPSA) is 62.6 Å². The van der Waals surface area contributed by atoms with Crippen LogP contribution in [0.3, 0.4) is 0 Å². The van der Waals surface area contributed by atoms with E-state index in [0.29, 0.717) is 13.1 Å². The molecule has 0 spiro atoms. The third-order valence-electron chi connectivity index (χ3n) is 4.83. The zero-order valence-corrected chi connectivity index (χ0v) is 14.6. The first kappa shape index (κ1) is 16.4. The normalized spacial score (nSPS) is 17.0. The standard InChI is InChI=1S/C21H20N2O3/c1-2-23-13-16(12-20(23)24)21(25)22-17-9-7-14(8-10-17)19-11-15-5-3-4-6-18(15)26-19/h3-11,16H,2,12-13H2,1H3,(H,22,25). The van der Waals surface area contributed by atoms with E-state index in [2.05, 4.69) is 5.32 Å². The predicted molar refractivity (Wildman–Crippen MR) is 101 cm³/mol. The Kier molecular flexibility index (Phi) is 4.21. The van der Waals surface area contributed by atoms with Gasteiger partial charge in [-0.05, 0) is 43.3 Å². The SMILES string of the molecule is CCN1CC(C(=O)Nc2ccc(-c3cc4ccccc4o3)cc2)CC1=O. The summed E-state index contributed by atoms with van der Waals surface area (Å²) in [6.45, 7) is 3.07. The van der Waals surface area contributed by atoms with Crippen LogP contribution < -0.4 is 5.32 Å². The lowest BCUT2D eigenvalue weighted by molar-refractivity contribution is -0.128. The smallest absolute Gasteiger partial charge is 0.229 e. The van der Waals surface area contributed by atoms with Crippen LogP contribution in [-0.2, 0) is 9.59 Å². The van der Waals surface area contributed by atoms with Gasteiger partial charge in [0.15, 0.2) is 0 Å². The van der Waals surface area contributed by atoms with Crippen LogP contribution in [0.5, 0.6) is 0 Å². The molecule has 1 atom stereocenters. The van der Waals surface area contributed by atoms with E-state index in [4.69, 9.17) is 4.42 Å². The molecule has 0 aliphatic carbocycles. The molecule has 5 nitrogen and oxygen atoms in total. The number of benzene rings is 2. The van der Waals surface area contributed by atoms with Gasteiger partial charge in [-0.1, -0.05) is 18.2 Å². The Bertz CT molecular complexity index is 926. The van der Waals surface area contributed by atoms with Crippen molar-refractivity contribution in [1.82, 2.24) is 4.90 Å². The van der Waals surface area contributed by atoms with Crippen LogP contribution in [0.2, 0.25) is 0 Å². The number of nitrogens with zero attached hydrogens (tertiary/aromatic N) is 1. The fourth-order valence-electron chi connectivity index (χ4n) is 3.34. The molecule has 2 amide bonds. The quantitative estimate of drug-likeness (QED) is 0.778. The van der Waals surface area contributed by atoms with Gasteiger partial charge >= 0.3 is 0 Å². The van der Waals surface area contributed by atoms with Crippen LogP contribution in [-0.4, -0.2) is 29.8 Å². The summed E-state index contributed by atoms with van der Waals surface area (Å²) in [7, 11) is 0. The number of rotatable bonds is 4. The van der Waals surface area contributed by atoms with Crippen LogP contribution in [0, 0.1) is 5.92 Å². The summed E-state index contributed by atoms with van der Waals surface area (Å²) < 4.78 is 5.86. The van der Waals surface area contributed by atoms with E-state index in [0.717, 1.165) is 28.0 Å². The predicted octanol–water partition coefficient (Wildman–Crippen LogP) is 3.91. The zero-order chi connectivity index (χ0) is 18.1. The zero-order valence-electron chi connectivity index (χ0n) is 14.6. The van der Waals surface area contributed by atoms with Crippen LogP contribution in [0.4, 0.5) is 5.69 Å². The summed E-state index contributed by atoms with van der Waals surface area (Å²) >= 11 is 0. The third-order valence-corrected chi connectivity index (χ3v) is 4.83. The van der Waals surface area contributed by atoms with Gasteiger partial charge < -0.3 is 14.6 Å². The number of para-hydroxylation sites is 1. The van der Waals surface area contributed by atoms with Crippen molar-refractivity contribution < 1.29 is 14.0 Å². The molecular formula is C21H20N2O3. The lowest BCUT2D eigenvalue weighted by Gasteiger charge is -2.13. The van der Waals surface area contributed by atoms with Crippen LogP contribution in [0.15, 0.2) is 59.0 Å². The van der Waals surface area contributed by atoms with Gasteiger partial charge in [0.1, 0.15) is 11.3 Å². The van der Waals surface area contributed by atoms with Crippen molar-refractivity contribution in [3.05, 3.63) is 54.6 Å². The summed E-state index contributed by atoms with van der Waals surface area (Å²) in [5.74, 6) is 0.459. The van der Waals surface area contributed by atoms with E-state index >= 15 is 0 Å². The van der Waals surface area contributed by atoms with Gasteiger partial charge in [-0.2, -0.15) is 0 Å². The number of hydrogen-bond donors (Lipinski definition) is 1. The van der Waals surface area contributed by atoms with Crippen molar-refractivity contribution in [2.45, 2.75) is 13.3 Å². The number of amides is 2. The average Bonchev–Trinajstić information content (AvgIpc) is 3.25. The molecule has 4 rings (SSSR count). The summed E-state index contributed by atoms with van der Waals surface area (Å²) in [5.41, 5.74) is 2.52. The maximum absolute atomic E-state index is 12.4. The van der Waals surface area contributed by atoms with Crippen molar-refractivity contribution >= 4 is 28.5 Å². The highest BCUT2D eigenvalue weighted by Crippen LogP contribution is 2.28. The second-order valence-corrected chi connectivity index (χ2v) is 6.55. The monoisotopic (exact) mass is 348 g/mol. The number of likely N-dealkylation sites (tertiary alicyclic amines) is 1. The molecule has 1 aromatic heterocycles. The van der Waals surface area contributed by atoms with Gasteiger partial charge in [-0.15, -0.1) is 0 Å². The van der Waals surface area contributed by atoms with Crippen LogP contribution in [0.25, 0.3) is 22.3 Å². The van der Waals surface area contributed by atoms with Gasteiger partial charge in [0.25, 0.3) is 0 Å². The van der Waals surface area contributed by atoms with Gasteiger partial charge in [-0.3, -0.25) is 9.59 Å².